The molecule has 1 aromatic carbocycles. The Hall–Kier alpha value is -2.72. The van der Waals surface area contributed by atoms with Crippen molar-refractivity contribution in [3.05, 3.63) is 83.0 Å². The lowest BCUT2D eigenvalue weighted by molar-refractivity contribution is -0.121. The first-order chi connectivity index (χ1) is 19.2. The van der Waals surface area contributed by atoms with Crippen LogP contribution in [-0.4, -0.2) is 30.3 Å². The zero-order chi connectivity index (χ0) is 26.9. The summed E-state index contributed by atoms with van der Waals surface area (Å²) in [5, 5.41) is 6.66. The molecule has 3 unspecified atom stereocenters. The number of Topliss-reactive ketones (excluding diaryl/α,β-unsaturated/α-hetero) is 1. The third kappa shape index (κ3) is 7.69. The summed E-state index contributed by atoms with van der Waals surface area (Å²) < 4.78 is 0. The molecule has 1 saturated carbocycles. The Bertz CT molecular complexity index is 1100. The molecule has 3 atom stereocenters. The van der Waals surface area contributed by atoms with Gasteiger partial charge in [0.15, 0.2) is 5.78 Å². The lowest BCUT2D eigenvalue weighted by atomic mass is 9.87. The van der Waals surface area contributed by atoms with Gasteiger partial charge in [-0.15, -0.1) is 0 Å². The zero-order valence-corrected chi connectivity index (χ0v) is 23.5. The number of unbranched alkanes of at least 4 members (excludes halogenated alkanes) is 1. The van der Waals surface area contributed by atoms with Crippen molar-refractivity contribution in [2.24, 2.45) is 11.8 Å². The number of carbonyl (C=O) groups excluding carboxylic acids is 2. The van der Waals surface area contributed by atoms with Crippen LogP contribution in [0.5, 0.6) is 0 Å². The van der Waals surface area contributed by atoms with E-state index < -0.39 is 0 Å². The molecule has 0 spiro atoms. The average Bonchev–Trinajstić information content (AvgIpc) is 3.45. The van der Waals surface area contributed by atoms with Crippen LogP contribution in [0.2, 0.25) is 0 Å². The summed E-state index contributed by atoms with van der Waals surface area (Å²) in [6.45, 7) is 0.663. The summed E-state index contributed by atoms with van der Waals surface area (Å²) in [6.07, 6.45) is 29.2. The minimum atomic E-state index is -0.0884. The molecule has 5 rings (SSSR count). The normalized spacial score (nSPS) is 27.6. The molecule has 1 amide bonds. The van der Waals surface area contributed by atoms with Crippen LogP contribution in [0.1, 0.15) is 88.2 Å². The predicted molar refractivity (Wildman–Crippen MR) is 159 cm³/mol. The van der Waals surface area contributed by atoms with Crippen LogP contribution in [0, 0.1) is 11.8 Å². The SMILES string of the molecule is O=C(Cc1ccc(CC2CCCCCCCCC2)cc1)NCCCCC1NC2C3=C/C(=C\C=C/C=C3)C2C1=O. The molecule has 2 bridgehead atoms. The van der Waals surface area contributed by atoms with Crippen LogP contribution >= 0.6 is 0 Å². The lowest BCUT2D eigenvalue weighted by Gasteiger charge is -2.18. The second kappa shape index (κ2) is 14.1. The Labute approximate surface area is 235 Å². The Morgan fingerprint density at radius 2 is 1.56 bits per heavy atom. The van der Waals surface area contributed by atoms with Gasteiger partial charge in [0.25, 0.3) is 0 Å². The molecule has 1 saturated heterocycles. The second-order valence-electron chi connectivity index (χ2n) is 12.1. The van der Waals surface area contributed by atoms with Gasteiger partial charge >= 0.3 is 0 Å². The summed E-state index contributed by atoms with van der Waals surface area (Å²) in [4.78, 5) is 25.6. The first-order valence-electron chi connectivity index (χ1n) is 15.6. The number of allylic oxidation sites excluding steroid dienone is 5. The molecule has 2 N–H and O–H groups in total. The number of hydrogen-bond donors (Lipinski definition) is 2. The molecule has 1 heterocycles. The first kappa shape index (κ1) is 27.8. The molecular formula is C35H46N2O2. The Kier molecular flexibility index (Phi) is 10.0. The number of hydrogen-bond acceptors (Lipinski definition) is 3. The van der Waals surface area contributed by atoms with Crippen molar-refractivity contribution in [3.63, 3.8) is 0 Å². The van der Waals surface area contributed by atoms with E-state index in [9.17, 15) is 9.59 Å². The molecule has 3 aliphatic carbocycles. The molecule has 4 aliphatic rings. The van der Waals surface area contributed by atoms with Crippen LogP contribution < -0.4 is 10.6 Å². The van der Waals surface area contributed by atoms with E-state index in [1.54, 1.807) is 0 Å². The summed E-state index contributed by atoms with van der Waals surface area (Å²) in [5.41, 5.74) is 4.83. The monoisotopic (exact) mass is 526 g/mol. The number of nitrogens with one attached hydrogen (secondary N) is 2. The minimum Gasteiger partial charge on any atom is -0.356 e. The fourth-order valence-electron chi connectivity index (χ4n) is 6.89. The quantitative estimate of drug-likeness (QED) is 0.351. The van der Waals surface area contributed by atoms with Gasteiger partial charge in [0.2, 0.25) is 5.91 Å². The maximum atomic E-state index is 13.1. The van der Waals surface area contributed by atoms with Crippen LogP contribution in [0.4, 0.5) is 0 Å². The highest BCUT2D eigenvalue weighted by atomic mass is 16.1. The highest BCUT2D eigenvalue weighted by Crippen LogP contribution is 2.38. The largest absolute Gasteiger partial charge is 0.356 e. The van der Waals surface area contributed by atoms with E-state index in [1.807, 2.05) is 18.2 Å². The summed E-state index contributed by atoms with van der Waals surface area (Å²) in [7, 11) is 0. The van der Waals surface area contributed by atoms with Gasteiger partial charge in [-0.1, -0.05) is 119 Å². The van der Waals surface area contributed by atoms with Crippen molar-refractivity contribution in [2.75, 3.05) is 6.54 Å². The van der Waals surface area contributed by atoms with Gasteiger partial charge in [-0.3, -0.25) is 14.9 Å². The number of benzene rings is 1. The lowest BCUT2D eigenvalue weighted by Crippen LogP contribution is -2.32. The fourth-order valence-corrected chi connectivity index (χ4v) is 6.89. The number of ketones is 1. The van der Waals surface area contributed by atoms with Crippen LogP contribution in [0.3, 0.4) is 0 Å². The molecule has 4 nitrogen and oxygen atoms in total. The fraction of sp³-hybridized carbons (Fsp3) is 0.543. The topological polar surface area (TPSA) is 58.2 Å². The summed E-state index contributed by atoms with van der Waals surface area (Å²) in [6, 6.07) is 8.77. The van der Waals surface area contributed by atoms with Gasteiger partial charge in [0.05, 0.1) is 18.4 Å². The van der Waals surface area contributed by atoms with E-state index in [1.165, 1.54) is 75.3 Å². The van der Waals surface area contributed by atoms with E-state index in [2.05, 4.69) is 53.1 Å². The molecule has 0 aromatic heterocycles. The van der Waals surface area contributed by atoms with E-state index in [4.69, 9.17) is 0 Å². The van der Waals surface area contributed by atoms with Gasteiger partial charge < -0.3 is 5.32 Å². The Morgan fingerprint density at radius 1 is 0.846 bits per heavy atom. The molecule has 1 aliphatic heterocycles. The van der Waals surface area contributed by atoms with E-state index in [0.29, 0.717) is 18.7 Å². The molecule has 4 heteroatoms. The Morgan fingerprint density at radius 3 is 2.33 bits per heavy atom. The molecule has 208 valence electrons. The van der Waals surface area contributed by atoms with Crippen molar-refractivity contribution >= 4 is 11.7 Å². The molecule has 2 fully saturated rings. The van der Waals surface area contributed by atoms with E-state index in [-0.39, 0.29) is 23.9 Å². The van der Waals surface area contributed by atoms with Crippen LogP contribution in [-0.2, 0) is 22.4 Å². The van der Waals surface area contributed by atoms with Crippen molar-refractivity contribution in [1.29, 1.82) is 0 Å². The zero-order valence-electron chi connectivity index (χ0n) is 23.5. The standard InChI is InChI=1S/C35H46N2O2/c38-32(24-28-20-18-27(19-21-28)23-26-13-7-4-2-1-3-5-8-14-26)36-22-12-11-17-31-35(39)33-29-15-9-6-10-16-30(25-29)34(33)37-31/h6,9-10,15-16,18-21,25-26,31,33-34,37H,1-5,7-8,11-14,17,22-24H2,(H,36,38)/b9-6-,10-6?,15-9?,16-10?,29-15+,30-16?. The molecule has 1 aromatic rings. The number of rotatable bonds is 9. The van der Waals surface area contributed by atoms with Crippen molar-refractivity contribution in [3.8, 4) is 0 Å². The third-order valence-electron chi connectivity index (χ3n) is 9.09. The molecule has 0 radical (unpaired) electrons. The van der Waals surface area contributed by atoms with Gasteiger partial charge in [-0.25, -0.2) is 0 Å². The molecule has 39 heavy (non-hydrogen) atoms. The smallest absolute Gasteiger partial charge is 0.224 e. The number of amides is 1. The Balaban J connectivity index is 0.988. The van der Waals surface area contributed by atoms with Gasteiger partial charge in [-0.2, -0.15) is 0 Å². The third-order valence-corrected chi connectivity index (χ3v) is 9.09. The predicted octanol–water partition coefficient (Wildman–Crippen LogP) is 6.72. The van der Waals surface area contributed by atoms with Gasteiger partial charge in [0, 0.05) is 12.6 Å². The van der Waals surface area contributed by atoms with Crippen molar-refractivity contribution in [2.45, 2.75) is 102 Å². The van der Waals surface area contributed by atoms with Crippen LogP contribution in [0.25, 0.3) is 0 Å². The number of fused-ring (bicyclic) bond motifs is 4. The minimum absolute atomic E-state index is 0.0469. The average molecular weight is 527 g/mol. The van der Waals surface area contributed by atoms with Gasteiger partial charge in [0.1, 0.15) is 0 Å². The maximum absolute atomic E-state index is 13.1. The summed E-state index contributed by atoms with van der Waals surface area (Å²) >= 11 is 0. The highest BCUT2D eigenvalue weighted by molar-refractivity contribution is 5.94. The molecular weight excluding hydrogens is 480 g/mol. The first-order valence-corrected chi connectivity index (χ1v) is 15.6. The second-order valence-corrected chi connectivity index (χ2v) is 12.1. The van der Waals surface area contributed by atoms with Crippen LogP contribution in [0.15, 0.2) is 71.9 Å². The maximum Gasteiger partial charge on any atom is 0.224 e. The van der Waals surface area contributed by atoms with Crippen molar-refractivity contribution in [1.82, 2.24) is 10.6 Å². The summed E-state index contributed by atoms with van der Waals surface area (Å²) in [5.74, 6) is 1.16. The van der Waals surface area contributed by atoms with Crippen molar-refractivity contribution < 1.29 is 9.59 Å². The van der Waals surface area contributed by atoms with E-state index >= 15 is 0 Å². The number of carbonyl (C=O) groups is 2. The highest BCUT2D eigenvalue weighted by Gasteiger charge is 2.46. The van der Waals surface area contributed by atoms with Gasteiger partial charge in [-0.05, 0) is 53.9 Å². The van der Waals surface area contributed by atoms with E-state index in [0.717, 1.165) is 36.3 Å².